The number of anilines is 1. The van der Waals surface area contributed by atoms with Gasteiger partial charge in [-0.25, -0.2) is 12.8 Å². The summed E-state index contributed by atoms with van der Waals surface area (Å²) in [7, 11) is -2.56. The lowest BCUT2D eigenvalue weighted by atomic mass is 9.97. The molecule has 3 rings (SSSR count). The molecule has 186 valence electrons. The van der Waals surface area contributed by atoms with Crippen LogP contribution in [0.5, 0.6) is 5.75 Å². The van der Waals surface area contributed by atoms with Crippen LogP contribution < -0.4 is 14.4 Å². The fraction of sp³-hybridized carbons (Fsp3) is 0.269. The van der Waals surface area contributed by atoms with Crippen LogP contribution in [-0.4, -0.2) is 28.0 Å². The minimum Gasteiger partial charge on any atom is -0.497 e. The Hall–Kier alpha value is -3.10. The lowest BCUT2D eigenvalue weighted by molar-refractivity contribution is -0.120. The minimum absolute atomic E-state index is 0.00197. The summed E-state index contributed by atoms with van der Waals surface area (Å²) in [6.45, 7) is 3.56. The number of halogens is 2. The van der Waals surface area contributed by atoms with Gasteiger partial charge in [-0.05, 0) is 60.4 Å². The maximum Gasteiger partial charge on any atom is 0.264 e. The number of hydrogen-bond donors (Lipinski definition) is 1. The largest absolute Gasteiger partial charge is 0.497 e. The Morgan fingerprint density at radius 2 is 1.71 bits per heavy atom. The number of nitrogens with one attached hydrogen (secondary N) is 1. The van der Waals surface area contributed by atoms with E-state index in [2.05, 4.69) is 5.32 Å². The van der Waals surface area contributed by atoms with Crippen molar-refractivity contribution in [3.63, 3.8) is 0 Å². The van der Waals surface area contributed by atoms with Crippen molar-refractivity contribution in [2.75, 3.05) is 18.0 Å². The first-order valence-corrected chi connectivity index (χ1v) is 12.9. The smallest absolute Gasteiger partial charge is 0.264 e. The summed E-state index contributed by atoms with van der Waals surface area (Å²) in [5.41, 5.74) is 0.954. The Morgan fingerprint density at radius 3 is 2.29 bits per heavy atom. The van der Waals surface area contributed by atoms with Gasteiger partial charge in [0.25, 0.3) is 10.0 Å². The molecule has 0 fully saturated rings. The number of hydrogen-bond acceptors (Lipinski definition) is 4. The molecule has 3 aromatic carbocycles. The Labute approximate surface area is 210 Å². The fourth-order valence-electron chi connectivity index (χ4n) is 3.63. The van der Waals surface area contributed by atoms with Gasteiger partial charge in [0.2, 0.25) is 5.91 Å². The highest BCUT2D eigenvalue weighted by Crippen LogP contribution is 2.28. The third kappa shape index (κ3) is 6.74. The van der Waals surface area contributed by atoms with Crippen molar-refractivity contribution in [2.45, 2.75) is 31.2 Å². The topological polar surface area (TPSA) is 75.7 Å². The molecule has 0 spiro atoms. The molecule has 0 aliphatic rings. The highest BCUT2D eigenvalue weighted by atomic mass is 35.5. The Bertz CT molecular complexity index is 1250. The third-order valence-corrected chi connectivity index (χ3v) is 7.45. The molecule has 0 saturated carbocycles. The number of sulfonamides is 1. The van der Waals surface area contributed by atoms with E-state index >= 15 is 0 Å². The second kappa shape index (κ2) is 11.6. The number of carbonyl (C=O) groups is 1. The van der Waals surface area contributed by atoms with E-state index < -0.39 is 28.3 Å². The summed E-state index contributed by atoms with van der Waals surface area (Å²) in [4.78, 5) is 13.2. The van der Waals surface area contributed by atoms with Gasteiger partial charge in [0.15, 0.2) is 0 Å². The molecule has 0 aromatic heterocycles. The van der Waals surface area contributed by atoms with Crippen LogP contribution in [0, 0.1) is 11.7 Å². The van der Waals surface area contributed by atoms with Crippen molar-refractivity contribution in [1.29, 1.82) is 0 Å². The number of amides is 1. The van der Waals surface area contributed by atoms with E-state index in [1.165, 1.54) is 24.3 Å². The Kier molecular flexibility index (Phi) is 8.75. The van der Waals surface area contributed by atoms with Gasteiger partial charge >= 0.3 is 0 Å². The van der Waals surface area contributed by atoms with Crippen molar-refractivity contribution in [2.24, 2.45) is 5.92 Å². The highest BCUT2D eigenvalue weighted by Gasteiger charge is 2.28. The monoisotopic (exact) mass is 518 g/mol. The van der Waals surface area contributed by atoms with Crippen LogP contribution in [-0.2, 0) is 14.8 Å². The van der Waals surface area contributed by atoms with E-state index in [0.29, 0.717) is 12.2 Å². The molecule has 0 aliphatic carbocycles. The molecule has 6 nitrogen and oxygen atoms in total. The van der Waals surface area contributed by atoms with Crippen LogP contribution >= 0.6 is 11.6 Å². The first kappa shape index (κ1) is 26.5. The molecular formula is C26H28ClFN2O4S. The van der Waals surface area contributed by atoms with Gasteiger partial charge < -0.3 is 10.1 Å². The van der Waals surface area contributed by atoms with E-state index in [4.69, 9.17) is 16.3 Å². The van der Waals surface area contributed by atoms with Crippen LogP contribution in [0.15, 0.2) is 77.7 Å². The van der Waals surface area contributed by atoms with E-state index in [0.717, 1.165) is 15.9 Å². The molecule has 1 atom stereocenters. The summed E-state index contributed by atoms with van der Waals surface area (Å²) in [5, 5.41) is 2.72. The maximum atomic E-state index is 13.8. The number of nitrogens with zero attached hydrogens (tertiary/aromatic N) is 1. The average Bonchev–Trinajstić information content (AvgIpc) is 2.84. The molecular weight excluding hydrogens is 491 g/mol. The second-order valence-corrected chi connectivity index (χ2v) is 10.7. The summed E-state index contributed by atoms with van der Waals surface area (Å²) in [6.07, 6.45) is 0.645. The molecule has 35 heavy (non-hydrogen) atoms. The van der Waals surface area contributed by atoms with Crippen LogP contribution in [0.4, 0.5) is 10.1 Å². The zero-order valence-corrected chi connectivity index (χ0v) is 21.3. The lowest BCUT2D eigenvalue weighted by Crippen LogP contribution is -2.42. The third-order valence-electron chi connectivity index (χ3n) is 5.37. The van der Waals surface area contributed by atoms with Crippen molar-refractivity contribution in [1.82, 2.24) is 5.32 Å². The van der Waals surface area contributed by atoms with Crippen molar-refractivity contribution < 1.29 is 22.3 Å². The summed E-state index contributed by atoms with van der Waals surface area (Å²) in [5.74, 6) is -0.237. The van der Waals surface area contributed by atoms with E-state index in [-0.39, 0.29) is 27.6 Å². The van der Waals surface area contributed by atoms with Gasteiger partial charge in [0.05, 0.1) is 28.8 Å². The van der Waals surface area contributed by atoms with Gasteiger partial charge in [0, 0.05) is 0 Å². The highest BCUT2D eigenvalue weighted by molar-refractivity contribution is 7.92. The van der Waals surface area contributed by atoms with Crippen LogP contribution in [0.3, 0.4) is 0 Å². The summed E-state index contributed by atoms with van der Waals surface area (Å²) >= 11 is 5.93. The number of benzene rings is 3. The van der Waals surface area contributed by atoms with Crippen molar-refractivity contribution >= 4 is 33.2 Å². The van der Waals surface area contributed by atoms with Crippen molar-refractivity contribution in [3.05, 3.63) is 89.2 Å². The van der Waals surface area contributed by atoms with Gasteiger partial charge in [-0.15, -0.1) is 0 Å². The quantitative estimate of drug-likeness (QED) is 0.380. The minimum atomic E-state index is -4.14. The van der Waals surface area contributed by atoms with Crippen LogP contribution in [0.1, 0.15) is 31.9 Å². The molecule has 1 amide bonds. The fourth-order valence-corrected chi connectivity index (χ4v) is 5.24. The summed E-state index contributed by atoms with van der Waals surface area (Å²) < 4.78 is 46.9. The lowest BCUT2D eigenvalue weighted by Gasteiger charge is -2.27. The first-order valence-electron chi connectivity index (χ1n) is 11.1. The zero-order chi connectivity index (χ0) is 25.6. The van der Waals surface area contributed by atoms with E-state index in [1.54, 1.807) is 25.3 Å². The number of rotatable bonds is 10. The molecule has 0 saturated heterocycles. The molecule has 0 heterocycles. The number of carbonyl (C=O) groups excluding carboxylic acids is 1. The molecule has 1 unspecified atom stereocenters. The second-order valence-electron chi connectivity index (χ2n) is 8.45. The predicted molar refractivity (Wildman–Crippen MR) is 136 cm³/mol. The molecule has 3 aromatic rings. The Morgan fingerprint density at radius 1 is 1.06 bits per heavy atom. The summed E-state index contributed by atoms with van der Waals surface area (Å²) in [6, 6.07) is 18.3. The molecule has 0 aliphatic heterocycles. The van der Waals surface area contributed by atoms with E-state index in [1.807, 2.05) is 38.1 Å². The maximum absolute atomic E-state index is 13.8. The average molecular weight is 519 g/mol. The van der Waals surface area contributed by atoms with Crippen LogP contribution in [0.25, 0.3) is 0 Å². The van der Waals surface area contributed by atoms with Gasteiger partial charge in [-0.3, -0.25) is 9.10 Å². The van der Waals surface area contributed by atoms with Crippen molar-refractivity contribution in [3.8, 4) is 5.75 Å². The molecule has 1 N–H and O–H groups in total. The SMILES string of the molecule is COc1ccc(C(CC(C)C)NC(=O)CN(c2ccc(F)c(Cl)c2)S(=O)(=O)c2ccccc2)cc1. The van der Waals surface area contributed by atoms with Gasteiger partial charge in [-0.1, -0.05) is 55.8 Å². The standard InChI is InChI=1S/C26H28ClFN2O4S/c1-18(2)15-25(19-9-12-21(34-3)13-10-19)29-26(31)17-30(20-11-14-24(28)23(27)16-20)35(32,33)22-7-5-4-6-8-22/h4-14,16,18,25H,15,17H2,1-3H3,(H,29,31). The molecule has 0 bridgehead atoms. The first-order chi connectivity index (χ1) is 16.6. The molecule has 0 radical (unpaired) electrons. The van der Waals surface area contributed by atoms with Gasteiger partial charge in [-0.2, -0.15) is 0 Å². The number of methoxy groups -OCH3 is 1. The van der Waals surface area contributed by atoms with Crippen LogP contribution in [0.2, 0.25) is 5.02 Å². The normalized spacial score (nSPS) is 12.3. The Balaban J connectivity index is 1.93. The predicted octanol–water partition coefficient (Wildman–Crippen LogP) is 5.59. The molecule has 9 heteroatoms. The number of ether oxygens (including phenoxy) is 1. The van der Waals surface area contributed by atoms with Gasteiger partial charge in [0.1, 0.15) is 18.1 Å². The van der Waals surface area contributed by atoms with E-state index in [9.17, 15) is 17.6 Å². The zero-order valence-electron chi connectivity index (χ0n) is 19.7.